The second kappa shape index (κ2) is 8.72. The number of hydrogen-bond acceptors (Lipinski definition) is 0. The number of hydrogen-bond donors (Lipinski definition) is 0. The van der Waals surface area contributed by atoms with Gasteiger partial charge in [-0.25, -0.2) is 13.2 Å². The second-order valence-corrected chi connectivity index (χ2v) is 5.96. The van der Waals surface area contributed by atoms with E-state index in [-0.39, 0.29) is 17.8 Å². The summed E-state index contributed by atoms with van der Waals surface area (Å²) in [4.78, 5) is 0. The van der Waals surface area contributed by atoms with E-state index in [2.05, 4.69) is 0 Å². The molecule has 0 fully saturated rings. The molecule has 0 aromatic heterocycles. The first kappa shape index (κ1) is 18.3. The molecule has 3 heteroatoms. The first-order chi connectivity index (χ1) is 11.6. The summed E-state index contributed by atoms with van der Waals surface area (Å²) in [6.07, 6.45) is 3.34. The Morgan fingerprint density at radius 2 is 1.62 bits per heavy atom. The third-order valence-electron chi connectivity index (χ3n) is 4.01. The number of benzene rings is 2. The predicted octanol–water partition coefficient (Wildman–Crippen LogP) is 7.24. The molecule has 0 unspecified atom stereocenters. The molecule has 0 heterocycles. The van der Waals surface area contributed by atoms with Crippen molar-refractivity contribution in [1.29, 1.82) is 0 Å². The monoisotopic (exact) mass is 332 g/mol. The Kier molecular flexibility index (Phi) is 6.65. The quantitative estimate of drug-likeness (QED) is 0.501. The summed E-state index contributed by atoms with van der Waals surface area (Å²) in [7, 11) is 0. The molecule has 2 aromatic rings. The average molecular weight is 332 g/mol. The van der Waals surface area contributed by atoms with E-state index in [1.807, 2.05) is 19.9 Å². The van der Waals surface area contributed by atoms with Crippen LogP contribution < -0.4 is 0 Å². The molecular weight excluding hydrogens is 309 g/mol. The van der Waals surface area contributed by atoms with Crippen molar-refractivity contribution < 1.29 is 13.2 Å². The zero-order chi connectivity index (χ0) is 17.5. The van der Waals surface area contributed by atoms with Crippen molar-refractivity contribution in [1.82, 2.24) is 0 Å². The maximum atomic E-state index is 14.2. The standard InChI is InChI=1S/C21H23F3/c1-3-5-7-19(22)21(24)17-11-9-16(10-12-17)18-13-8-15(6-4-2)14-20(18)23/h8-14H,3-7H2,1-2H3/b21-19+. The fourth-order valence-corrected chi connectivity index (χ4v) is 2.63. The van der Waals surface area contributed by atoms with Gasteiger partial charge in [-0.2, -0.15) is 0 Å². The lowest BCUT2D eigenvalue weighted by Gasteiger charge is -2.07. The first-order valence-corrected chi connectivity index (χ1v) is 8.50. The number of aryl methyl sites for hydroxylation is 1. The first-order valence-electron chi connectivity index (χ1n) is 8.50. The molecule has 0 N–H and O–H groups in total. The fourth-order valence-electron chi connectivity index (χ4n) is 2.63. The van der Waals surface area contributed by atoms with Crippen LogP contribution in [0.25, 0.3) is 17.0 Å². The van der Waals surface area contributed by atoms with Crippen LogP contribution in [0, 0.1) is 5.82 Å². The average Bonchev–Trinajstić information content (AvgIpc) is 2.59. The molecule has 0 aliphatic rings. The van der Waals surface area contributed by atoms with Gasteiger partial charge in [-0.15, -0.1) is 0 Å². The summed E-state index contributed by atoms with van der Waals surface area (Å²) in [5.74, 6) is -1.84. The topological polar surface area (TPSA) is 0 Å². The van der Waals surface area contributed by atoms with E-state index in [4.69, 9.17) is 0 Å². The van der Waals surface area contributed by atoms with Crippen molar-refractivity contribution in [3.05, 3.63) is 65.2 Å². The minimum absolute atomic E-state index is 0.109. The van der Waals surface area contributed by atoms with Crippen LogP contribution in [0.1, 0.15) is 50.7 Å². The van der Waals surface area contributed by atoms with E-state index in [1.165, 1.54) is 18.2 Å². The van der Waals surface area contributed by atoms with Crippen LogP contribution in [-0.2, 0) is 6.42 Å². The van der Waals surface area contributed by atoms with Gasteiger partial charge in [-0.1, -0.05) is 63.1 Å². The van der Waals surface area contributed by atoms with Crippen molar-refractivity contribution >= 4 is 5.83 Å². The van der Waals surface area contributed by atoms with Crippen LogP contribution in [0.5, 0.6) is 0 Å². The number of allylic oxidation sites excluding steroid dienone is 1. The molecule has 0 saturated heterocycles. The molecule has 0 spiro atoms. The van der Waals surface area contributed by atoms with Crippen LogP contribution in [-0.4, -0.2) is 0 Å². The molecule has 24 heavy (non-hydrogen) atoms. The van der Waals surface area contributed by atoms with Crippen LogP contribution in [0.2, 0.25) is 0 Å². The molecule has 0 amide bonds. The van der Waals surface area contributed by atoms with E-state index < -0.39 is 11.7 Å². The third kappa shape index (κ3) is 4.50. The maximum absolute atomic E-state index is 14.2. The Hall–Kier alpha value is -2.03. The van der Waals surface area contributed by atoms with Crippen molar-refractivity contribution in [2.45, 2.75) is 46.0 Å². The Bertz CT molecular complexity index is 700. The van der Waals surface area contributed by atoms with Gasteiger partial charge in [0.05, 0.1) is 0 Å². The predicted molar refractivity (Wildman–Crippen MR) is 94.5 cm³/mol. The van der Waals surface area contributed by atoms with Crippen molar-refractivity contribution in [2.24, 2.45) is 0 Å². The summed E-state index contributed by atoms with van der Waals surface area (Å²) in [5, 5.41) is 0. The Labute approximate surface area is 142 Å². The van der Waals surface area contributed by atoms with Gasteiger partial charge in [0.2, 0.25) is 0 Å². The number of unbranched alkanes of at least 4 members (excludes halogenated alkanes) is 1. The molecule has 0 saturated carbocycles. The Morgan fingerprint density at radius 3 is 2.21 bits per heavy atom. The largest absolute Gasteiger partial charge is 0.209 e. The van der Waals surface area contributed by atoms with Gasteiger partial charge in [-0.3, -0.25) is 0 Å². The van der Waals surface area contributed by atoms with Gasteiger partial charge in [0.25, 0.3) is 0 Å². The van der Waals surface area contributed by atoms with E-state index >= 15 is 0 Å². The highest BCUT2D eigenvalue weighted by molar-refractivity contribution is 5.69. The summed E-state index contributed by atoms with van der Waals surface area (Å²) in [6, 6.07) is 11.4. The Morgan fingerprint density at radius 1 is 0.917 bits per heavy atom. The minimum atomic E-state index is -0.825. The molecule has 2 rings (SSSR count). The lowest BCUT2D eigenvalue weighted by molar-refractivity contribution is 0.548. The highest BCUT2D eigenvalue weighted by Gasteiger charge is 2.10. The van der Waals surface area contributed by atoms with Gasteiger partial charge in [0.1, 0.15) is 11.6 Å². The van der Waals surface area contributed by atoms with Crippen LogP contribution >= 0.6 is 0 Å². The van der Waals surface area contributed by atoms with E-state index in [0.29, 0.717) is 17.5 Å². The lowest BCUT2D eigenvalue weighted by atomic mass is 10.00. The van der Waals surface area contributed by atoms with Gasteiger partial charge < -0.3 is 0 Å². The zero-order valence-corrected chi connectivity index (χ0v) is 14.2. The van der Waals surface area contributed by atoms with Gasteiger partial charge in [0.15, 0.2) is 5.83 Å². The lowest BCUT2D eigenvalue weighted by Crippen LogP contribution is -1.90. The molecule has 2 aromatic carbocycles. The smallest absolute Gasteiger partial charge is 0.161 e. The maximum Gasteiger partial charge on any atom is 0.161 e. The van der Waals surface area contributed by atoms with Crippen LogP contribution in [0.4, 0.5) is 13.2 Å². The number of rotatable bonds is 7. The summed E-state index contributed by atoms with van der Waals surface area (Å²) < 4.78 is 42.0. The molecule has 0 atom stereocenters. The number of halogens is 3. The fraction of sp³-hybridized carbons (Fsp3) is 0.333. The van der Waals surface area contributed by atoms with Crippen LogP contribution in [0.3, 0.4) is 0 Å². The van der Waals surface area contributed by atoms with E-state index in [0.717, 1.165) is 24.8 Å². The second-order valence-electron chi connectivity index (χ2n) is 5.96. The molecule has 0 bridgehead atoms. The normalized spacial score (nSPS) is 12.2. The minimum Gasteiger partial charge on any atom is -0.209 e. The Balaban J connectivity index is 2.23. The zero-order valence-electron chi connectivity index (χ0n) is 14.2. The molecule has 128 valence electrons. The van der Waals surface area contributed by atoms with E-state index in [9.17, 15) is 13.2 Å². The van der Waals surface area contributed by atoms with Crippen LogP contribution in [0.15, 0.2) is 48.3 Å². The highest BCUT2D eigenvalue weighted by atomic mass is 19.2. The van der Waals surface area contributed by atoms with Gasteiger partial charge in [0, 0.05) is 17.5 Å². The summed E-state index contributed by atoms with van der Waals surface area (Å²) >= 11 is 0. The highest BCUT2D eigenvalue weighted by Crippen LogP contribution is 2.29. The summed E-state index contributed by atoms with van der Waals surface area (Å²) in [5.41, 5.74) is 2.27. The van der Waals surface area contributed by atoms with Crippen molar-refractivity contribution in [2.75, 3.05) is 0 Å². The SMILES string of the molecule is CCCC/C(F)=C(\F)c1ccc(-c2ccc(CCC)cc2F)cc1. The van der Waals surface area contributed by atoms with Crippen molar-refractivity contribution in [3.63, 3.8) is 0 Å². The van der Waals surface area contributed by atoms with Gasteiger partial charge >= 0.3 is 0 Å². The van der Waals surface area contributed by atoms with Gasteiger partial charge in [-0.05, 0) is 30.0 Å². The molecule has 0 aliphatic carbocycles. The van der Waals surface area contributed by atoms with E-state index in [1.54, 1.807) is 18.2 Å². The molecule has 0 nitrogen and oxygen atoms in total. The molecule has 0 radical (unpaired) electrons. The molecular formula is C21H23F3. The molecule has 0 aliphatic heterocycles. The van der Waals surface area contributed by atoms with Crippen molar-refractivity contribution in [3.8, 4) is 11.1 Å². The third-order valence-corrected chi connectivity index (χ3v) is 4.01. The summed E-state index contributed by atoms with van der Waals surface area (Å²) in [6.45, 7) is 3.98.